The van der Waals surface area contributed by atoms with E-state index < -0.39 is 0 Å². The van der Waals surface area contributed by atoms with Crippen molar-refractivity contribution in [2.75, 3.05) is 7.05 Å². The molecule has 1 aromatic rings. The van der Waals surface area contributed by atoms with Crippen molar-refractivity contribution in [3.8, 4) is 0 Å². The zero-order valence-corrected chi connectivity index (χ0v) is 12.3. The van der Waals surface area contributed by atoms with E-state index in [0.29, 0.717) is 0 Å². The molecule has 4 nitrogen and oxygen atoms in total. The van der Waals surface area contributed by atoms with Crippen molar-refractivity contribution in [2.24, 2.45) is 5.92 Å². The van der Waals surface area contributed by atoms with Gasteiger partial charge in [0.2, 0.25) is 0 Å². The summed E-state index contributed by atoms with van der Waals surface area (Å²) in [6, 6.07) is 0. The van der Waals surface area contributed by atoms with E-state index >= 15 is 0 Å². The second kappa shape index (κ2) is 5.23. The molecule has 1 aliphatic heterocycles. The van der Waals surface area contributed by atoms with Crippen molar-refractivity contribution >= 4 is 0 Å². The summed E-state index contributed by atoms with van der Waals surface area (Å²) in [6.07, 6.45) is 10.1. The molecule has 1 N–H and O–H groups in total. The van der Waals surface area contributed by atoms with Crippen LogP contribution in [0.2, 0.25) is 0 Å². The molecular weight excluding hydrogens is 236 g/mol. The predicted octanol–water partition coefficient (Wildman–Crippen LogP) is 2.33. The highest BCUT2D eigenvalue weighted by Gasteiger charge is 2.33. The van der Waals surface area contributed by atoms with Gasteiger partial charge in [-0.3, -0.25) is 0 Å². The van der Waals surface area contributed by atoms with Gasteiger partial charge in [-0.15, -0.1) is 10.2 Å². The minimum atomic E-state index is 0.269. The SMILES string of the molecule is CNC1(Cc2nnc3n2CCC(C)C3)CCCCC1. The fourth-order valence-electron chi connectivity index (χ4n) is 3.72. The van der Waals surface area contributed by atoms with Crippen LogP contribution in [0.1, 0.15) is 57.1 Å². The molecule has 1 saturated carbocycles. The largest absolute Gasteiger partial charge is 0.315 e. The number of nitrogens with zero attached hydrogens (tertiary/aromatic N) is 3. The molecule has 0 amide bonds. The maximum Gasteiger partial charge on any atom is 0.134 e. The van der Waals surface area contributed by atoms with E-state index in [9.17, 15) is 0 Å². The van der Waals surface area contributed by atoms with Gasteiger partial charge in [0, 0.05) is 24.9 Å². The number of aromatic nitrogens is 3. The van der Waals surface area contributed by atoms with Crippen LogP contribution in [0.4, 0.5) is 0 Å². The van der Waals surface area contributed by atoms with Crippen LogP contribution in [-0.4, -0.2) is 27.4 Å². The Labute approximate surface area is 116 Å². The average Bonchev–Trinajstić information content (AvgIpc) is 2.82. The van der Waals surface area contributed by atoms with Crippen LogP contribution < -0.4 is 5.32 Å². The van der Waals surface area contributed by atoms with Crippen molar-refractivity contribution in [1.29, 1.82) is 0 Å². The normalized spacial score (nSPS) is 26.1. The lowest BCUT2D eigenvalue weighted by Crippen LogP contribution is -2.47. The van der Waals surface area contributed by atoms with E-state index in [1.165, 1.54) is 50.2 Å². The lowest BCUT2D eigenvalue weighted by Gasteiger charge is -2.37. The van der Waals surface area contributed by atoms with Gasteiger partial charge in [-0.25, -0.2) is 0 Å². The number of hydrogen-bond donors (Lipinski definition) is 1. The van der Waals surface area contributed by atoms with Crippen molar-refractivity contribution in [2.45, 2.75) is 70.4 Å². The lowest BCUT2D eigenvalue weighted by atomic mass is 9.79. The number of fused-ring (bicyclic) bond motifs is 1. The summed E-state index contributed by atoms with van der Waals surface area (Å²) in [5.41, 5.74) is 0.269. The van der Waals surface area contributed by atoms with Crippen molar-refractivity contribution in [3.63, 3.8) is 0 Å². The molecule has 0 spiro atoms. The fourth-order valence-corrected chi connectivity index (χ4v) is 3.72. The summed E-state index contributed by atoms with van der Waals surface area (Å²) in [5.74, 6) is 3.17. The summed E-state index contributed by atoms with van der Waals surface area (Å²) in [6.45, 7) is 3.42. The predicted molar refractivity (Wildman–Crippen MR) is 76.1 cm³/mol. The summed E-state index contributed by atoms with van der Waals surface area (Å²) < 4.78 is 2.38. The summed E-state index contributed by atoms with van der Waals surface area (Å²) >= 11 is 0. The molecule has 0 radical (unpaired) electrons. The smallest absolute Gasteiger partial charge is 0.134 e. The minimum Gasteiger partial charge on any atom is -0.315 e. The van der Waals surface area contributed by atoms with Crippen LogP contribution in [0.3, 0.4) is 0 Å². The Morgan fingerprint density at radius 1 is 1.26 bits per heavy atom. The number of likely N-dealkylation sites (N-methyl/N-ethyl adjacent to an activating group) is 1. The molecule has 1 unspecified atom stereocenters. The first-order valence-electron chi connectivity index (χ1n) is 7.82. The van der Waals surface area contributed by atoms with Gasteiger partial charge in [-0.2, -0.15) is 0 Å². The number of hydrogen-bond acceptors (Lipinski definition) is 3. The molecule has 1 aromatic heterocycles. The monoisotopic (exact) mass is 262 g/mol. The van der Waals surface area contributed by atoms with Gasteiger partial charge < -0.3 is 9.88 Å². The zero-order valence-electron chi connectivity index (χ0n) is 12.3. The molecule has 3 rings (SSSR count). The number of nitrogens with one attached hydrogen (secondary N) is 1. The second-order valence-corrected chi connectivity index (χ2v) is 6.55. The molecular formula is C15H26N4. The Balaban J connectivity index is 1.79. The van der Waals surface area contributed by atoms with Gasteiger partial charge in [-0.05, 0) is 32.2 Å². The van der Waals surface area contributed by atoms with Crippen molar-refractivity contribution < 1.29 is 0 Å². The Kier molecular flexibility index (Phi) is 3.61. The van der Waals surface area contributed by atoms with Gasteiger partial charge in [0.15, 0.2) is 0 Å². The van der Waals surface area contributed by atoms with Crippen LogP contribution in [0.5, 0.6) is 0 Å². The lowest BCUT2D eigenvalue weighted by molar-refractivity contribution is 0.237. The molecule has 1 aliphatic carbocycles. The molecule has 1 atom stereocenters. The topological polar surface area (TPSA) is 42.7 Å². The maximum absolute atomic E-state index is 4.49. The third-order valence-corrected chi connectivity index (χ3v) is 5.12. The van der Waals surface area contributed by atoms with Gasteiger partial charge in [0.25, 0.3) is 0 Å². The Morgan fingerprint density at radius 3 is 2.79 bits per heavy atom. The highest BCUT2D eigenvalue weighted by Crippen LogP contribution is 2.31. The average molecular weight is 262 g/mol. The summed E-state index contributed by atoms with van der Waals surface area (Å²) in [5, 5.41) is 12.5. The van der Waals surface area contributed by atoms with E-state index in [0.717, 1.165) is 25.3 Å². The van der Waals surface area contributed by atoms with Crippen LogP contribution in [0.25, 0.3) is 0 Å². The van der Waals surface area contributed by atoms with Crippen LogP contribution in [0, 0.1) is 5.92 Å². The molecule has 2 aliphatic rings. The Hall–Kier alpha value is -0.900. The van der Waals surface area contributed by atoms with Gasteiger partial charge >= 0.3 is 0 Å². The third-order valence-electron chi connectivity index (χ3n) is 5.12. The van der Waals surface area contributed by atoms with Gasteiger partial charge in [0.05, 0.1) is 0 Å². The quantitative estimate of drug-likeness (QED) is 0.909. The van der Waals surface area contributed by atoms with E-state index in [1.807, 2.05) is 0 Å². The molecule has 0 bridgehead atoms. The zero-order chi connectivity index (χ0) is 13.3. The van der Waals surface area contributed by atoms with Crippen LogP contribution in [0.15, 0.2) is 0 Å². The third kappa shape index (κ3) is 2.55. The molecule has 1 fully saturated rings. The molecule has 19 heavy (non-hydrogen) atoms. The minimum absolute atomic E-state index is 0.269. The van der Waals surface area contributed by atoms with Crippen molar-refractivity contribution in [1.82, 2.24) is 20.1 Å². The number of rotatable bonds is 3. The Morgan fingerprint density at radius 2 is 2.05 bits per heavy atom. The summed E-state index contributed by atoms with van der Waals surface area (Å²) in [4.78, 5) is 0. The standard InChI is InChI=1S/C15H26N4/c1-12-6-9-19-13(10-12)17-18-14(19)11-15(16-2)7-4-3-5-8-15/h12,16H,3-11H2,1-2H3. The first-order valence-corrected chi connectivity index (χ1v) is 7.82. The van der Waals surface area contributed by atoms with E-state index in [2.05, 4.69) is 34.1 Å². The van der Waals surface area contributed by atoms with Gasteiger partial charge in [-0.1, -0.05) is 26.2 Å². The van der Waals surface area contributed by atoms with E-state index in [1.54, 1.807) is 0 Å². The molecule has 106 valence electrons. The fraction of sp³-hybridized carbons (Fsp3) is 0.867. The van der Waals surface area contributed by atoms with E-state index in [4.69, 9.17) is 0 Å². The summed E-state index contributed by atoms with van der Waals surface area (Å²) in [7, 11) is 2.11. The van der Waals surface area contributed by atoms with Crippen molar-refractivity contribution in [3.05, 3.63) is 11.6 Å². The Bertz CT molecular complexity index is 431. The molecule has 0 saturated heterocycles. The van der Waals surface area contributed by atoms with Crippen LogP contribution in [-0.2, 0) is 19.4 Å². The van der Waals surface area contributed by atoms with E-state index in [-0.39, 0.29) is 5.54 Å². The van der Waals surface area contributed by atoms with Crippen LogP contribution >= 0.6 is 0 Å². The van der Waals surface area contributed by atoms with Gasteiger partial charge in [0.1, 0.15) is 11.6 Å². The second-order valence-electron chi connectivity index (χ2n) is 6.55. The highest BCUT2D eigenvalue weighted by atomic mass is 15.3. The molecule has 4 heteroatoms. The molecule has 2 heterocycles. The first kappa shape index (κ1) is 13.1. The molecule has 0 aromatic carbocycles. The highest BCUT2D eigenvalue weighted by molar-refractivity contribution is 5.06. The maximum atomic E-state index is 4.49. The first-order chi connectivity index (χ1) is 9.22.